The van der Waals surface area contributed by atoms with Gasteiger partial charge in [0.25, 0.3) is 5.91 Å². The summed E-state index contributed by atoms with van der Waals surface area (Å²) in [5.41, 5.74) is 2.62. The van der Waals surface area contributed by atoms with Crippen molar-refractivity contribution in [3.8, 4) is 11.5 Å². The molecule has 3 aromatic rings. The molecule has 4 heterocycles. The van der Waals surface area contributed by atoms with Crippen LogP contribution in [-0.4, -0.2) is 47.0 Å². The first-order valence-electron chi connectivity index (χ1n) is 9.56. The second kappa shape index (κ2) is 6.03. The quantitative estimate of drug-likeness (QED) is 0.711. The number of carbonyl (C=O) groups is 2. The number of piperazine rings is 1. The molecule has 1 N–H and O–H groups in total. The molecule has 0 spiro atoms. The SMILES string of the molecule is CN1CC(=O)N2C(=C(c3c[nH]c4ccccc34)O[C@@H]2c2ccc3c(c2)OCO3)C1=O. The average molecular weight is 403 g/mol. The summed E-state index contributed by atoms with van der Waals surface area (Å²) in [5, 5.41) is 0.916. The molecule has 8 nitrogen and oxygen atoms in total. The van der Waals surface area contributed by atoms with Gasteiger partial charge in [-0.2, -0.15) is 0 Å². The second-order valence-corrected chi connectivity index (χ2v) is 7.43. The number of rotatable bonds is 2. The summed E-state index contributed by atoms with van der Waals surface area (Å²) in [5.74, 6) is 1.16. The van der Waals surface area contributed by atoms with E-state index < -0.39 is 6.23 Å². The summed E-state index contributed by atoms with van der Waals surface area (Å²) in [4.78, 5) is 32.2. The number of hydrogen-bond acceptors (Lipinski definition) is 5. The molecule has 0 saturated carbocycles. The van der Waals surface area contributed by atoms with Crippen molar-refractivity contribution in [1.82, 2.24) is 14.8 Å². The zero-order chi connectivity index (χ0) is 20.4. The van der Waals surface area contributed by atoms with E-state index in [1.807, 2.05) is 30.3 Å². The molecule has 0 radical (unpaired) electrons. The number of carbonyl (C=O) groups excluding carboxylic acids is 2. The molecular formula is C22H17N3O5. The van der Waals surface area contributed by atoms with Crippen LogP contribution in [0, 0.1) is 0 Å². The van der Waals surface area contributed by atoms with Gasteiger partial charge in [-0.25, -0.2) is 0 Å². The van der Waals surface area contributed by atoms with Crippen LogP contribution in [0.15, 0.2) is 54.4 Å². The highest BCUT2D eigenvalue weighted by molar-refractivity contribution is 6.10. The third-order valence-corrected chi connectivity index (χ3v) is 5.63. The number of nitrogens with one attached hydrogen (secondary N) is 1. The minimum absolute atomic E-state index is 0.00604. The van der Waals surface area contributed by atoms with Gasteiger partial charge in [0.05, 0.1) is 0 Å². The fourth-order valence-electron chi connectivity index (χ4n) is 4.17. The Hall–Kier alpha value is -3.94. The number of hydrogen-bond donors (Lipinski definition) is 1. The Labute approximate surface area is 171 Å². The Morgan fingerprint density at radius 3 is 2.80 bits per heavy atom. The van der Waals surface area contributed by atoms with E-state index in [2.05, 4.69) is 4.98 Å². The third kappa shape index (κ3) is 2.27. The summed E-state index contributed by atoms with van der Waals surface area (Å²) in [6.45, 7) is 0.147. The van der Waals surface area contributed by atoms with Crippen LogP contribution in [0.2, 0.25) is 0 Å². The van der Waals surface area contributed by atoms with Gasteiger partial charge in [-0.3, -0.25) is 14.5 Å². The predicted molar refractivity (Wildman–Crippen MR) is 106 cm³/mol. The number of likely N-dealkylation sites (N-methyl/N-ethyl adjacent to an activating group) is 1. The number of H-pyrrole nitrogens is 1. The molecule has 8 heteroatoms. The highest BCUT2D eigenvalue weighted by Gasteiger charge is 2.47. The molecule has 1 aromatic heterocycles. The Morgan fingerprint density at radius 2 is 1.90 bits per heavy atom. The fraction of sp³-hybridized carbons (Fsp3) is 0.182. The fourth-order valence-corrected chi connectivity index (χ4v) is 4.17. The van der Waals surface area contributed by atoms with Crippen molar-refractivity contribution in [2.24, 2.45) is 0 Å². The standard InChI is InChI=1S/C22H17N3O5/c1-24-10-18(26)25-19(21(24)27)20(14-9-23-15-5-3-2-4-13(14)15)30-22(25)12-6-7-16-17(8-12)29-11-28-16/h2-9,22-23H,10-11H2,1H3/t22-/m1/s1. The molecule has 3 aliphatic heterocycles. The van der Waals surface area contributed by atoms with Gasteiger partial charge in [0, 0.05) is 35.3 Å². The normalized spacial score (nSPS) is 20.2. The first-order valence-corrected chi connectivity index (χ1v) is 9.56. The molecule has 2 amide bonds. The molecule has 6 rings (SSSR count). The third-order valence-electron chi connectivity index (χ3n) is 5.63. The van der Waals surface area contributed by atoms with E-state index >= 15 is 0 Å². The molecule has 1 fully saturated rings. The minimum atomic E-state index is -0.761. The average Bonchev–Trinajstić information content (AvgIpc) is 3.47. The maximum Gasteiger partial charge on any atom is 0.274 e. The lowest BCUT2D eigenvalue weighted by Gasteiger charge is -2.32. The van der Waals surface area contributed by atoms with Gasteiger partial charge in [0.15, 0.2) is 23.0 Å². The maximum absolute atomic E-state index is 13.1. The van der Waals surface area contributed by atoms with Crippen LogP contribution in [0.25, 0.3) is 16.7 Å². The Kier molecular flexibility index (Phi) is 3.41. The van der Waals surface area contributed by atoms with Crippen LogP contribution in [0.5, 0.6) is 11.5 Å². The Balaban J connectivity index is 1.52. The highest BCUT2D eigenvalue weighted by Crippen LogP contribution is 2.46. The summed E-state index contributed by atoms with van der Waals surface area (Å²) in [6.07, 6.45) is 1.04. The smallest absolute Gasteiger partial charge is 0.274 e. The van der Waals surface area contributed by atoms with Crippen molar-refractivity contribution in [3.63, 3.8) is 0 Å². The van der Waals surface area contributed by atoms with E-state index in [-0.39, 0.29) is 30.8 Å². The van der Waals surface area contributed by atoms with Crippen molar-refractivity contribution in [1.29, 1.82) is 0 Å². The van der Waals surface area contributed by atoms with Gasteiger partial charge in [0.2, 0.25) is 18.9 Å². The number of benzene rings is 2. The number of nitrogens with zero attached hydrogens (tertiary/aromatic N) is 2. The Bertz CT molecular complexity index is 1260. The van der Waals surface area contributed by atoms with Crippen molar-refractivity contribution in [2.75, 3.05) is 20.4 Å². The minimum Gasteiger partial charge on any atom is -0.463 e. The molecule has 150 valence electrons. The molecule has 0 unspecified atom stereocenters. The van der Waals surface area contributed by atoms with Crippen molar-refractivity contribution in [2.45, 2.75) is 6.23 Å². The lowest BCUT2D eigenvalue weighted by atomic mass is 10.1. The van der Waals surface area contributed by atoms with Gasteiger partial charge >= 0.3 is 0 Å². The monoisotopic (exact) mass is 403 g/mol. The topological polar surface area (TPSA) is 84.1 Å². The first kappa shape index (κ1) is 17.0. The van der Waals surface area contributed by atoms with E-state index in [0.29, 0.717) is 22.8 Å². The molecule has 1 atom stereocenters. The van der Waals surface area contributed by atoms with Gasteiger partial charge < -0.3 is 24.1 Å². The van der Waals surface area contributed by atoms with Crippen molar-refractivity contribution < 1.29 is 23.8 Å². The van der Waals surface area contributed by atoms with Crippen molar-refractivity contribution >= 4 is 28.5 Å². The van der Waals surface area contributed by atoms with Gasteiger partial charge in [-0.1, -0.05) is 18.2 Å². The predicted octanol–water partition coefficient (Wildman–Crippen LogP) is 2.59. The molecule has 3 aliphatic rings. The van der Waals surface area contributed by atoms with E-state index in [0.717, 1.165) is 16.5 Å². The first-order chi connectivity index (χ1) is 14.6. The lowest BCUT2D eigenvalue weighted by Crippen LogP contribution is -2.49. The molecule has 0 aliphatic carbocycles. The number of ether oxygens (including phenoxy) is 3. The lowest BCUT2D eigenvalue weighted by molar-refractivity contribution is -0.148. The van der Waals surface area contributed by atoms with E-state index in [9.17, 15) is 9.59 Å². The van der Waals surface area contributed by atoms with Crippen LogP contribution in [0.4, 0.5) is 0 Å². The number of fused-ring (bicyclic) bond motifs is 3. The van der Waals surface area contributed by atoms with Crippen molar-refractivity contribution in [3.05, 3.63) is 65.5 Å². The van der Waals surface area contributed by atoms with Crippen LogP contribution in [-0.2, 0) is 14.3 Å². The summed E-state index contributed by atoms with van der Waals surface area (Å²) in [7, 11) is 1.62. The zero-order valence-corrected chi connectivity index (χ0v) is 16.0. The van der Waals surface area contributed by atoms with Crippen LogP contribution in [0.3, 0.4) is 0 Å². The molecule has 1 saturated heterocycles. The molecule has 0 bridgehead atoms. The number of aromatic nitrogens is 1. The largest absolute Gasteiger partial charge is 0.463 e. The van der Waals surface area contributed by atoms with E-state index in [1.54, 1.807) is 25.4 Å². The van der Waals surface area contributed by atoms with E-state index in [1.165, 1.54) is 9.80 Å². The van der Waals surface area contributed by atoms with Gasteiger partial charge in [-0.05, 0) is 24.3 Å². The van der Waals surface area contributed by atoms with E-state index in [4.69, 9.17) is 14.2 Å². The number of amides is 2. The summed E-state index contributed by atoms with van der Waals surface area (Å²) < 4.78 is 17.2. The summed E-state index contributed by atoms with van der Waals surface area (Å²) in [6, 6.07) is 13.2. The van der Waals surface area contributed by atoms with Crippen LogP contribution in [0.1, 0.15) is 17.4 Å². The zero-order valence-electron chi connectivity index (χ0n) is 16.0. The Morgan fingerprint density at radius 1 is 1.07 bits per heavy atom. The number of para-hydroxylation sites is 1. The molecular weight excluding hydrogens is 386 g/mol. The maximum atomic E-state index is 13.1. The van der Waals surface area contributed by atoms with Gasteiger partial charge in [-0.15, -0.1) is 0 Å². The molecule has 2 aromatic carbocycles. The summed E-state index contributed by atoms with van der Waals surface area (Å²) >= 11 is 0. The molecule has 30 heavy (non-hydrogen) atoms. The number of aromatic amines is 1. The van der Waals surface area contributed by atoms with Crippen LogP contribution >= 0.6 is 0 Å². The highest BCUT2D eigenvalue weighted by atomic mass is 16.7. The van der Waals surface area contributed by atoms with Crippen LogP contribution < -0.4 is 9.47 Å². The second-order valence-electron chi connectivity index (χ2n) is 7.43. The van der Waals surface area contributed by atoms with Gasteiger partial charge in [0.1, 0.15) is 6.54 Å².